The molecule has 0 aliphatic rings. The van der Waals surface area contributed by atoms with Crippen LogP contribution >= 0.6 is 11.3 Å². The zero-order valence-corrected chi connectivity index (χ0v) is 26.3. The predicted octanol–water partition coefficient (Wildman–Crippen LogP) is 13.3. The van der Waals surface area contributed by atoms with Gasteiger partial charge in [0.05, 0.1) is 0 Å². The van der Waals surface area contributed by atoms with Gasteiger partial charge in [0.15, 0.2) is 0 Å². The molecular formula is C45H30S. The highest BCUT2D eigenvalue weighted by molar-refractivity contribution is 7.26. The topological polar surface area (TPSA) is 0 Å². The SMILES string of the molecule is Cc1cc(-c2cccc(-c3ccc4c(-c5ccccc5)c5ccccc5c(-c5ccccc5)c4c3)c2)c2sc3ccccc3c2c1. The van der Waals surface area contributed by atoms with E-state index in [-0.39, 0.29) is 0 Å². The van der Waals surface area contributed by atoms with Gasteiger partial charge in [-0.15, -0.1) is 11.3 Å². The van der Waals surface area contributed by atoms with E-state index in [1.807, 2.05) is 11.3 Å². The summed E-state index contributed by atoms with van der Waals surface area (Å²) in [5.74, 6) is 0. The van der Waals surface area contributed by atoms with Crippen LogP contribution in [0.3, 0.4) is 0 Å². The molecule has 1 heterocycles. The zero-order chi connectivity index (χ0) is 30.6. The molecule has 0 radical (unpaired) electrons. The normalized spacial score (nSPS) is 11.6. The smallest absolute Gasteiger partial charge is 0.0434 e. The Morgan fingerprint density at radius 2 is 0.891 bits per heavy atom. The van der Waals surface area contributed by atoms with E-state index in [4.69, 9.17) is 0 Å². The molecule has 0 amide bonds. The summed E-state index contributed by atoms with van der Waals surface area (Å²) in [5, 5.41) is 7.79. The van der Waals surface area contributed by atoms with Crippen LogP contribution in [0.1, 0.15) is 5.56 Å². The van der Waals surface area contributed by atoms with Crippen molar-refractivity contribution in [1.29, 1.82) is 0 Å². The molecule has 0 saturated heterocycles. The summed E-state index contributed by atoms with van der Waals surface area (Å²) in [7, 11) is 0. The van der Waals surface area contributed by atoms with Gasteiger partial charge in [-0.2, -0.15) is 0 Å². The fourth-order valence-electron chi connectivity index (χ4n) is 7.24. The second-order valence-corrected chi connectivity index (χ2v) is 13.2. The van der Waals surface area contributed by atoms with Crippen LogP contribution in [-0.4, -0.2) is 0 Å². The molecule has 8 aromatic carbocycles. The highest BCUT2D eigenvalue weighted by Crippen LogP contribution is 2.45. The molecule has 9 rings (SSSR count). The van der Waals surface area contributed by atoms with Crippen LogP contribution in [-0.2, 0) is 0 Å². The van der Waals surface area contributed by atoms with Gasteiger partial charge in [-0.3, -0.25) is 0 Å². The largest absolute Gasteiger partial charge is 0.135 e. The molecule has 1 aromatic heterocycles. The lowest BCUT2D eigenvalue weighted by atomic mass is 9.85. The predicted molar refractivity (Wildman–Crippen MR) is 201 cm³/mol. The molecule has 0 unspecified atom stereocenters. The van der Waals surface area contributed by atoms with E-state index in [1.165, 1.54) is 91.8 Å². The van der Waals surface area contributed by atoms with Gasteiger partial charge in [0.25, 0.3) is 0 Å². The Kier molecular flexibility index (Phi) is 6.33. The maximum absolute atomic E-state index is 2.42. The summed E-state index contributed by atoms with van der Waals surface area (Å²) in [4.78, 5) is 0. The van der Waals surface area contributed by atoms with Gasteiger partial charge in [-0.05, 0) is 109 Å². The van der Waals surface area contributed by atoms with Crippen molar-refractivity contribution in [2.45, 2.75) is 6.92 Å². The van der Waals surface area contributed by atoms with Crippen molar-refractivity contribution in [3.05, 3.63) is 169 Å². The van der Waals surface area contributed by atoms with E-state index < -0.39 is 0 Å². The standard InChI is InChI=1S/C45H30S/c1-29-25-39(45-41(26-29)35-19-10-11-22-42(35)46-45)34-18-12-17-32(27-34)33-23-24-38-40(28-33)44(31-15-6-3-7-16-31)37-21-9-8-20-36(37)43(38)30-13-4-2-5-14-30/h2-28H,1H3. The molecule has 0 atom stereocenters. The highest BCUT2D eigenvalue weighted by Gasteiger charge is 2.18. The number of hydrogen-bond donors (Lipinski definition) is 0. The second-order valence-electron chi connectivity index (χ2n) is 12.2. The fraction of sp³-hybridized carbons (Fsp3) is 0.0222. The second kappa shape index (κ2) is 10.8. The number of benzene rings is 8. The third kappa shape index (κ3) is 4.35. The Bertz CT molecular complexity index is 2570. The summed E-state index contributed by atoms with van der Waals surface area (Å²) < 4.78 is 2.69. The average molecular weight is 603 g/mol. The quantitative estimate of drug-likeness (QED) is 0.176. The monoisotopic (exact) mass is 602 g/mol. The van der Waals surface area contributed by atoms with Gasteiger partial charge < -0.3 is 0 Å². The van der Waals surface area contributed by atoms with E-state index in [2.05, 4.69) is 171 Å². The van der Waals surface area contributed by atoms with E-state index >= 15 is 0 Å². The first-order valence-electron chi connectivity index (χ1n) is 15.8. The molecule has 1 heteroatoms. The summed E-state index contributed by atoms with van der Waals surface area (Å²) in [6.07, 6.45) is 0. The van der Waals surface area contributed by atoms with E-state index in [0.29, 0.717) is 0 Å². The number of fused-ring (bicyclic) bond motifs is 5. The third-order valence-electron chi connectivity index (χ3n) is 9.28. The maximum Gasteiger partial charge on any atom is 0.0434 e. The minimum atomic E-state index is 1.22. The molecule has 0 aliphatic carbocycles. The highest BCUT2D eigenvalue weighted by atomic mass is 32.1. The fourth-order valence-corrected chi connectivity index (χ4v) is 8.46. The van der Waals surface area contributed by atoms with Crippen molar-refractivity contribution in [1.82, 2.24) is 0 Å². The van der Waals surface area contributed by atoms with Gasteiger partial charge in [0, 0.05) is 20.2 Å². The lowest BCUT2D eigenvalue weighted by Gasteiger charge is -2.19. The van der Waals surface area contributed by atoms with Crippen molar-refractivity contribution in [2.75, 3.05) is 0 Å². The summed E-state index contributed by atoms with van der Waals surface area (Å²) in [6.45, 7) is 2.21. The van der Waals surface area contributed by atoms with Crippen LogP contribution in [0.5, 0.6) is 0 Å². The number of hydrogen-bond acceptors (Lipinski definition) is 1. The minimum Gasteiger partial charge on any atom is -0.135 e. The van der Waals surface area contributed by atoms with Crippen LogP contribution in [0.4, 0.5) is 0 Å². The first-order valence-corrected chi connectivity index (χ1v) is 16.7. The van der Waals surface area contributed by atoms with Crippen LogP contribution < -0.4 is 0 Å². The van der Waals surface area contributed by atoms with Crippen LogP contribution in [0.2, 0.25) is 0 Å². The Morgan fingerprint density at radius 1 is 0.348 bits per heavy atom. The lowest BCUT2D eigenvalue weighted by Crippen LogP contribution is -1.91. The zero-order valence-electron chi connectivity index (χ0n) is 25.5. The van der Waals surface area contributed by atoms with Gasteiger partial charge in [-0.25, -0.2) is 0 Å². The van der Waals surface area contributed by atoms with Gasteiger partial charge in [0.2, 0.25) is 0 Å². The molecule has 0 aliphatic heterocycles. The Balaban J connectivity index is 1.30. The van der Waals surface area contributed by atoms with E-state index in [1.54, 1.807) is 0 Å². The summed E-state index contributed by atoms with van der Waals surface area (Å²) in [6, 6.07) is 60.2. The first-order chi connectivity index (χ1) is 22.7. The number of rotatable bonds is 4. The molecule has 0 N–H and O–H groups in total. The number of thiophene rings is 1. The maximum atomic E-state index is 2.42. The van der Waals surface area contributed by atoms with Crippen molar-refractivity contribution in [3.8, 4) is 44.5 Å². The van der Waals surface area contributed by atoms with Crippen molar-refractivity contribution >= 4 is 53.1 Å². The Hall–Kier alpha value is -5.50. The molecule has 9 aromatic rings. The number of aryl methyl sites for hydroxylation is 1. The van der Waals surface area contributed by atoms with Crippen LogP contribution in [0.15, 0.2) is 164 Å². The third-order valence-corrected chi connectivity index (χ3v) is 10.5. The van der Waals surface area contributed by atoms with Crippen LogP contribution in [0.25, 0.3) is 86.2 Å². The van der Waals surface area contributed by atoms with Crippen molar-refractivity contribution in [3.63, 3.8) is 0 Å². The molecular weight excluding hydrogens is 573 g/mol. The lowest BCUT2D eigenvalue weighted by molar-refractivity contribution is 1.51. The molecule has 0 bridgehead atoms. The van der Waals surface area contributed by atoms with Gasteiger partial charge >= 0.3 is 0 Å². The minimum absolute atomic E-state index is 1.22. The first kappa shape index (κ1) is 26.9. The Morgan fingerprint density at radius 3 is 1.61 bits per heavy atom. The van der Waals surface area contributed by atoms with Gasteiger partial charge in [0.1, 0.15) is 0 Å². The molecule has 0 spiro atoms. The molecule has 0 saturated carbocycles. The Labute approximate surface area is 272 Å². The van der Waals surface area contributed by atoms with E-state index in [9.17, 15) is 0 Å². The van der Waals surface area contributed by atoms with Crippen LogP contribution in [0, 0.1) is 6.92 Å². The van der Waals surface area contributed by atoms with Crippen molar-refractivity contribution in [2.24, 2.45) is 0 Å². The summed E-state index contributed by atoms with van der Waals surface area (Å²) >= 11 is 1.90. The van der Waals surface area contributed by atoms with E-state index in [0.717, 1.165) is 0 Å². The molecule has 0 nitrogen and oxygen atoms in total. The molecule has 46 heavy (non-hydrogen) atoms. The van der Waals surface area contributed by atoms with Gasteiger partial charge in [-0.1, -0.05) is 133 Å². The average Bonchev–Trinajstić information content (AvgIpc) is 3.49. The summed E-state index contributed by atoms with van der Waals surface area (Å²) in [5.41, 5.74) is 11.4. The molecule has 216 valence electrons. The van der Waals surface area contributed by atoms with Crippen molar-refractivity contribution < 1.29 is 0 Å². The molecule has 0 fully saturated rings.